The van der Waals surface area contributed by atoms with Crippen LogP contribution < -0.4 is 5.32 Å². The number of phenolic OH excluding ortho intramolecular Hbond substituents is 1. The average molecular weight is 288 g/mol. The molecule has 0 aliphatic heterocycles. The summed E-state index contributed by atoms with van der Waals surface area (Å²) in [7, 11) is 0. The number of carbonyl (C=O) groups is 2. The van der Waals surface area contributed by atoms with Crippen molar-refractivity contribution in [1.29, 1.82) is 5.26 Å². The highest BCUT2D eigenvalue weighted by molar-refractivity contribution is 6.03. The number of nitrogens with zero attached hydrogens (tertiary/aromatic N) is 1. The molecule has 0 spiro atoms. The average Bonchev–Trinajstić information content (AvgIpc) is 2.46. The van der Waals surface area contributed by atoms with Gasteiger partial charge in [0, 0.05) is 0 Å². The Labute approximate surface area is 122 Å². The molecular formula is C15H16N2O4. The van der Waals surface area contributed by atoms with Crippen molar-refractivity contribution in [1.82, 2.24) is 5.32 Å². The molecule has 0 aliphatic carbocycles. The maximum absolute atomic E-state index is 11.9. The Morgan fingerprint density at radius 1 is 1.43 bits per heavy atom. The fraction of sp³-hybridized carbons (Fsp3) is 0.267. The molecule has 0 fully saturated rings. The van der Waals surface area contributed by atoms with Crippen LogP contribution in [-0.4, -0.2) is 29.6 Å². The van der Waals surface area contributed by atoms with E-state index in [9.17, 15) is 14.7 Å². The van der Waals surface area contributed by atoms with Gasteiger partial charge in [0.05, 0.1) is 6.61 Å². The Balaban J connectivity index is 2.80. The first-order valence-electron chi connectivity index (χ1n) is 6.36. The molecule has 0 aliphatic rings. The molecule has 1 aromatic carbocycles. The quantitative estimate of drug-likeness (QED) is 0.484. The Bertz CT molecular complexity index is 585. The molecule has 1 amide bonds. The van der Waals surface area contributed by atoms with Crippen LogP contribution in [0.15, 0.2) is 29.8 Å². The molecule has 110 valence electrons. The van der Waals surface area contributed by atoms with E-state index in [0.29, 0.717) is 5.56 Å². The largest absolute Gasteiger partial charge is 0.508 e. The molecule has 0 saturated carbocycles. The number of aromatic hydroxyl groups is 1. The normalized spacial score (nSPS) is 12.1. The molecule has 1 atom stereocenters. The van der Waals surface area contributed by atoms with Gasteiger partial charge in [0.25, 0.3) is 5.91 Å². The number of esters is 1. The van der Waals surface area contributed by atoms with Gasteiger partial charge in [-0.2, -0.15) is 5.26 Å². The molecule has 0 saturated heterocycles. The Morgan fingerprint density at radius 2 is 2.05 bits per heavy atom. The van der Waals surface area contributed by atoms with Crippen molar-refractivity contribution < 1.29 is 19.4 Å². The van der Waals surface area contributed by atoms with E-state index >= 15 is 0 Å². The number of benzene rings is 1. The topological polar surface area (TPSA) is 99.4 Å². The molecule has 21 heavy (non-hydrogen) atoms. The van der Waals surface area contributed by atoms with Crippen LogP contribution in [0.25, 0.3) is 6.08 Å². The molecule has 1 rings (SSSR count). The van der Waals surface area contributed by atoms with E-state index in [0.717, 1.165) is 0 Å². The molecule has 2 N–H and O–H groups in total. The number of carbonyl (C=O) groups excluding carboxylic acids is 2. The third-order valence-electron chi connectivity index (χ3n) is 2.56. The third kappa shape index (κ3) is 4.99. The summed E-state index contributed by atoms with van der Waals surface area (Å²) in [5.74, 6) is -1.13. The number of rotatable bonds is 5. The minimum absolute atomic E-state index is 0.0889. The summed E-state index contributed by atoms with van der Waals surface area (Å²) in [4.78, 5) is 23.3. The van der Waals surface area contributed by atoms with E-state index in [1.165, 1.54) is 25.1 Å². The number of hydrogen-bond donors (Lipinski definition) is 2. The second kappa shape index (κ2) is 7.70. The first-order chi connectivity index (χ1) is 9.97. The molecule has 0 heterocycles. The highest BCUT2D eigenvalue weighted by atomic mass is 16.5. The van der Waals surface area contributed by atoms with E-state index < -0.39 is 17.9 Å². The van der Waals surface area contributed by atoms with Crippen LogP contribution in [0.4, 0.5) is 0 Å². The van der Waals surface area contributed by atoms with Gasteiger partial charge in [0.2, 0.25) is 0 Å². The van der Waals surface area contributed by atoms with Crippen molar-refractivity contribution in [2.45, 2.75) is 19.9 Å². The van der Waals surface area contributed by atoms with Gasteiger partial charge >= 0.3 is 5.97 Å². The maximum atomic E-state index is 11.9. The van der Waals surface area contributed by atoms with Crippen LogP contribution in [0.5, 0.6) is 5.75 Å². The molecular weight excluding hydrogens is 272 g/mol. The predicted octanol–water partition coefficient (Wildman–Crippen LogP) is 1.37. The Kier molecular flexibility index (Phi) is 5.96. The van der Waals surface area contributed by atoms with Crippen LogP contribution in [0.2, 0.25) is 0 Å². The van der Waals surface area contributed by atoms with E-state index in [2.05, 4.69) is 5.32 Å². The third-order valence-corrected chi connectivity index (χ3v) is 2.56. The summed E-state index contributed by atoms with van der Waals surface area (Å²) in [5.41, 5.74) is 0.445. The molecule has 0 bridgehead atoms. The number of hydrogen-bond acceptors (Lipinski definition) is 5. The number of phenols is 1. The van der Waals surface area contributed by atoms with Gasteiger partial charge in [0.15, 0.2) is 0 Å². The van der Waals surface area contributed by atoms with Crippen molar-refractivity contribution in [3.8, 4) is 11.8 Å². The molecule has 6 nitrogen and oxygen atoms in total. The van der Waals surface area contributed by atoms with Gasteiger partial charge in [-0.15, -0.1) is 0 Å². The van der Waals surface area contributed by atoms with E-state index in [4.69, 9.17) is 10.00 Å². The van der Waals surface area contributed by atoms with Gasteiger partial charge < -0.3 is 15.2 Å². The lowest BCUT2D eigenvalue weighted by atomic mass is 10.1. The first-order valence-corrected chi connectivity index (χ1v) is 6.36. The zero-order valence-electron chi connectivity index (χ0n) is 11.8. The Hall–Kier alpha value is -2.81. The van der Waals surface area contributed by atoms with E-state index in [-0.39, 0.29) is 17.9 Å². The summed E-state index contributed by atoms with van der Waals surface area (Å²) >= 11 is 0. The molecule has 0 radical (unpaired) electrons. The first kappa shape index (κ1) is 16.2. The van der Waals surface area contributed by atoms with E-state index in [1.807, 2.05) is 0 Å². The van der Waals surface area contributed by atoms with Gasteiger partial charge in [-0.1, -0.05) is 12.1 Å². The van der Waals surface area contributed by atoms with E-state index in [1.54, 1.807) is 25.1 Å². The number of amides is 1. The van der Waals surface area contributed by atoms with Crippen LogP contribution in [0, 0.1) is 11.3 Å². The fourth-order valence-electron chi connectivity index (χ4n) is 1.49. The number of nitriles is 1. The standard InChI is InChI=1S/C15H16N2O4/c1-3-21-15(20)10(2)17-14(19)12(9-16)8-11-4-6-13(18)7-5-11/h4-8,10,18H,3H2,1-2H3,(H,17,19)/t10-/m0/s1. The highest BCUT2D eigenvalue weighted by Gasteiger charge is 2.18. The van der Waals surface area contributed by atoms with Crippen molar-refractivity contribution in [2.75, 3.05) is 6.61 Å². The number of nitrogens with one attached hydrogen (secondary N) is 1. The highest BCUT2D eigenvalue weighted by Crippen LogP contribution is 2.12. The lowest BCUT2D eigenvalue weighted by Crippen LogP contribution is -2.40. The van der Waals surface area contributed by atoms with Crippen molar-refractivity contribution in [3.05, 3.63) is 35.4 Å². The predicted molar refractivity (Wildman–Crippen MR) is 75.9 cm³/mol. The SMILES string of the molecule is CCOC(=O)[C@H](C)NC(=O)C(C#N)=Cc1ccc(O)cc1. The monoisotopic (exact) mass is 288 g/mol. The second-order valence-corrected chi connectivity index (χ2v) is 4.21. The van der Waals surface area contributed by atoms with Crippen molar-refractivity contribution in [2.24, 2.45) is 0 Å². The van der Waals surface area contributed by atoms with Gasteiger partial charge in [-0.3, -0.25) is 4.79 Å². The van der Waals surface area contributed by atoms with Crippen LogP contribution in [0.1, 0.15) is 19.4 Å². The van der Waals surface area contributed by atoms with Gasteiger partial charge in [-0.25, -0.2) is 4.79 Å². The van der Waals surface area contributed by atoms with Crippen LogP contribution in [0.3, 0.4) is 0 Å². The maximum Gasteiger partial charge on any atom is 0.328 e. The summed E-state index contributed by atoms with van der Waals surface area (Å²) in [6.45, 7) is 3.36. The summed E-state index contributed by atoms with van der Waals surface area (Å²) in [5, 5.41) is 20.6. The Morgan fingerprint density at radius 3 is 2.57 bits per heavy atom. The minimum atomic E-state index is -0.839. The zero-order valence-corrected chi connectivity index (χ0v) is 11.8. The minimum Gasteiger partial charge on any atom is -0.508 e. The lowest BCUT2D eigenvalue weighted by Gasteiger charge is -2.11. The summed E-state index contributed by atoms with van der Waals surface area (Å²) in [6.07, 6.45) is 1.37. The molecule has 0 aromatic heterocycles. The van der Waals surface area contributed by atoms with Gasteiger partial charge in [-0.05, 0) is 37.6 Å². The smallest absolute Gasteiger partial charge is 0.328 e. The fourth-order valence-corrected chi connectivity index (χ4v) is 1.49. The van der Waals surface area contributed by atoms with Crippen LogP contribution >= 0.6 is 0 Å². The summed E-state index contributed by atoms with van der Waals surface area (Å²) < 4.78 is 4.77. The zero-order chi connectivity index (χ0) is 15.8. The second-order valence-electron chi connectivity index (χ2n) is 4.21. The van der Waals surface area contributed by atoms with Crippen LogP contribution in [-0.2, 0) is 14.3 Å². The number of ether oxygens (including phenoxy) is 1. The summed E-state index contributed by atoms with van der Waals surface area (Å²) in [6, 6.07) is 6.95. The van der Waals surface area contributed by atoms with Crippen molar-refractivity contribution in [3.63, 3.8) is 0 Å². The van der Waals surface area contributed by atoms with Crippen molar-refractivity contribution >= 4 is 18.0 Å². The molecule has 1 aromatic rings. The lowest BCUT2D eigenvalue weighted by molar-refractivity contribution is -0.146. The molecule has 0 unspecified atom stereocenters. The van der Waals surface area contributed by atoms with Gasteiger partial charge in [0.1, 0.15) is 23.4 Å². The molecule has 6 heteroatoms.